The van der Waals surface area contributed by atoms with Crippen LogP contribution >= 0.6 is 0 Å². The number of amides is 1. The molecule has 4 N–H and O–H groups in total. The van der Waals surface area contributed by atoms with E-state index in [-0.39, 0.29) is 11.7 Å². The van der Waals surface area contributed by atoms with E-state index in [0.717, 1.165) is 42.9 Å². The Bertz CT molecular complexity index is 1120. The highest BCUT2D eigenvalue weighted by Crippen LogP contribution is 2.40. The molecular weight excluding hydrogens is 381 g/mol. The van der Waals surface area contributed by atoms with Crippen molar-refractivity contribution in [2.75, 3.05) is 23.7 Å². The second-order valence-corrected chi connectivity index (χ2v) is 7.58. The Hall–Kier alpha value is -3.45. The largest absolute Gasteiger partial charge is 0.382 e. The third-order valence-electron chi connectivity index (χ3n) is 5.57. The van der Waals surface area contributed by atoms with Crippen LogP contribution in [0.3, 0.4) is 0 Å². The predicted molar refractivity (Wildman–Crippen MR) is 115 cm³/mol. The average Bonchev–Trinajstić information content (AvgIpc) is 3.38. The van der Waals surface area contributed by atoms with Gasteiger partial charge in [0.05, 0.1) is 5.57 Å². The number of hydrogen-bond donors (Lipinski definition) is 4. The summed E-state index contributed by atoms with van der Waals surface area (Å²) in [6.07, 6.45) is 5.42. The number of hydrogen-bond acceptors (Lipinski definition) is 4. The summed E-state index contributed by atoms with van der Waals surface area (Å²) in [6, 6.07) is 12.5. The van der Waals surface area contributed by atoms with E-state index in [1.165, 1.54) is 12.1 Å². The fourth-order valence-electron chi connectivity index (χ4n) is 4.15. The zero-order chi connectivity index (χ0) is 20.5. The number of imidazole rings is 1. The summed E-state index contributed by atoms with van der Waals surface area (Å²) in [5.74, 6) is -0.0629. The fourth-order valence-corrected chi connectivity index (χ4v) is 4.15. The van der Waals surface area contributed by atoms with Crippen LogP contribution in [-0.4, -0.2) is 35.0 Å². The number of nitrogens with zero attached hydrogens (tertiary/aromatic N) is 1. The number of benzene rings is 2. The van der Waals surface area contributed by atoms with E-state index in [2.05, 4.69) is 25.9 Å². The summed E-state index contributed by atoms with van der Waals surface area (Å²) in [4.78, 5) is 20.4. The number of nitrogens with one attached hydrogen (secondary N) is 4. The lowest BCUT2D eigenvalue weighted by Crippen LogP contribution is -2.35. The Morgan fingerprint density at radius 3 is 2.77 bits per heavy atom. The number of piperidine rings is 1. The van der Waals surface area contributed by atoms with Gasteiger partial charge in [0.25, 0.3) is 5.91 Å². The first-order chi connectivity index (χ1) is 14.7. The molecule has 6 nitrogen and oxygen atoms in total. The number of fused-ring (bicyclic) bond motifs is 1. The first-order valence-corrected chi connectivity index (χ1v) is 10.1. The zero-order valence-electron chi connectivity index (χ0n) is 16.3. The van der Waals surface area contributed by atoms with Crippen molar-refractivity contribution in [2.24, 2.45) is 0 Å². The average molecular weight is 403 g/mol. The van der Waals surface area contributed by atoms with Crippen LogP contribution < -0.4 is 16.0 Å². The highest BCUT2D eigenvalue weighted by molar-refractivity contribution is 6.38. The second kappa shape index (κ2) is 7.76. The lowest BCUT2D eigenvalue weighted by atomic mass is 9.94. The molecule has 1 fully saturated rings. The first kappa shape index (κ1) is 18.6. The van der Waals surface area contributed by atoms with Crippen molar-refractivity contribution in [2.45, 2.75) is 18.9 Å². The SMILES string of the molecule is O=C1Nc2ccc(NC3CCNCC3)cc2/C1=C(\c1cccc(F)c1)c1ncc[nH]1. The second-order valence-electron chi connectivity index (χ2n) is 7.58. The lowest BCUT2D eigenvalue weighted by Gasteiger charge is -2.25. The summed E-state index contributed by atoms with van der Waals surface area (Å²) < 4.78 is 14.0. The molecule has 152 valence electrons. The highest BCUT2D eigenvalue weighted by atomic mass is 19.1. The summed E-state index contributed by atoms with van der Waals surface area (Å²) >= 11 is 0. The number of carbonyl (C=O) groups is 1. The van der Waals surface area contributed by atoms with E-state index in [1.807, 2.05) is 18.2 Å². The Morgan fingerprint density at radius 2 is 2.00 bits per heavy atom. The van der Waals surface area contributed by atoms with Crippen molar-refractivity contribution in [1.82, 2.24) is 15.3 Å². The number of aromatic amines is 1. The van der Waals surface area contributed by atoms with Crippen LogP contribution in [0.5, 0.6) is 0 Å². The molecule has 0 unspecified atom stereocenters. The standard InChI is InChI=1S/C23H22FN5O/c24-15-3-1-2-14(12-15)20(22-26-10-11-27-22)21-18-13-17(4-5-19(18)29-23(21)30)28-16-6-8-25-9-7-16/h1-5,10-13,16,25,28H,6-9H2,(H,26,27)(H,29,30)/b21-20-. The number of aromatic nitrogens is 2. The van der Waals surface area contributed by atoms with Crippen LogP contribution in [0, 0.1) is 5.82 Å². The molecular formula is C23H22FN5O. The molecule has 1 saturated heterocycles. The fraction of sp³-hybridized carbons (Fsp3) is 0.217. The Morgan fingerprint density at radius 1 is 1.13 bits per heavy atom. The third-order valence-corrected chi connectivity index (χ3v) is 5.57. The van der Waals surface area contributed by atoms with Gasteiger partial charge >= 0.3 is 0 Å². The van der Waals surface area contributed by atoms with Crippen molar-refractivity contribution in [3.8, 4) is 0 Å². The number of rotatable bonds is 4. The number of halogens is 1. The maximum atomic E-state index is 14.0. The maximum Gasteiger partial charge on any atom is 0.257 e. The minimum Gasteiger partial charge on any atom is -0.382 e. The van der Waals surface area contributed by atoms with Crippen LogP contribution in [0.2, 0.25) is 0 Å². The molecule has 0 bridgehead atoms. The van der Waals surface area contributed by atoms with E-state index in [1.54, 1.807) is 24.5 Å². The maximum absolute atomic E-state index is 14.0. The van der Waals surface area contributed by atoms with Crippen molar-refractivity contribution in [3.05, 3.63) is 77.6 Å². The minimum absolute atomic E-state index is 0.223. The van der Waals surface area contributed by atoms with Crippen molar-refractivity contribution >= 4 is 28.4 Å². The van der Waals surface area contributed by atoms with Crippen molar-refractivity contribution in [1.29, 1.82) is 0 Å². The van der Waals surface area contributed by atoms with Crippen molar-refractivity contribution < 1.29 is 9.18 Å². The van der Waals surface area contributed by atoms with Gasteiger partial charge in [-0.3, -0.25) is 4.79 Å². The Balaban J connectivity index is 1.63. The van der Waals surface area contributed by atoms with Crippen LogP contribution in [0.1, 0.15) is 29.8 Å². The molecule has 0 atom stereocenters. The minimum atomic E-state index is -0.364. The van der Waals surface area contributed by atoms with Crippen molar-refractivity contribution in [3.63, 3.8) is 0 Å². The molecule has 5 rings (SSSR count). The number of carbonyl (C=O) groups excluding carboxylic acids is 1. The van der Waals surface area contributed by atoms with E-state index < -0.39 is 0 Å². The first-order valence-electron chi connectivity index (χ1n) is 10.1. The highest BCUT2D eigenvalue weighted by Gasteiger charge is 2.30. The van der Waals surface area contributed by atoms with Gasteiger partial charge in [-0.1, -0.05) is 12.1 Å². The molecule has 3 aromatic rings. The van der Waals surface area contributed by atoms with E-state index in [4.69, 9.17) is 0 Å². The summed E-state index contributed by atoms with van der Waals surface area (Å²) in [5.41, 5.74) is 4.16. The summed E-state index contributed by atoms with van der Waals surface area (Å²) in [5, 5.41) is 9.88. The third kappa shape index (κ3) is 3.48. The van der Waals surface area contributed by atoms with Gasteiger partial charge in [-0.05, 0) is 61.8 Å². The molecule has 0 radical (unpaired) electrons. The molecule has 0 saturated carbocycles. The van der Waals surface area contributed by atoms with Gasteiger partial charge in [0.1, 0.15) is 11.6 Å². The number of anilines is 2. The van der Waals surface area contributed by atoms with Gasteiger partial charge in [-0.15, -0.1) is 0 Å². The van der Waals surface area contributed by atoms with Gasteiger partial charge in [-0.25, -0.2) is 9.37 Å². The van der Waals surface area contributed by atoms with Gasteiger partial charge < -0.3 is 20.9 Å². The molecule has 7 heteroatoms. The van der Waals surface area contributed by atoms with Gasteiger partial charge in [0.2, 0.25) is 0 Å². The predicted octanol–water partition coefficient (Wildman–Crippen LogP) is 3.62. The Kier molecular flexibility index (Phi) is 4.80. The van der Waals surface area contributed by atoms with E-state index in [9.17, 15) is 9.18 Å². The molecule has 2 aromatic carbocycles. The zero-order valence-corrected chi connectivity index (χ0v) is 16.3. The van der Waals surface area contributed by atoms with Crippen LogP contribution in [0.15, 0.2) is 54.9 Å². The smallest absolute Gasteiger partial charge is 0.257 e. The van der Waals surface area contributed by atoms with E-state index in [0.29, 0.717) is 28.6 Å². The molecule has 2 aliphatic rings. The quantitative estimate of drug-likeness (QED) is 0.502. The van der Waals surface area contributed by atoms with Gasteiger partial charge in [-0.2, -0.15) is 0 Å². The summed E-state index contributed by atoms with van der Waals surface area (Å²) in [6.45, 7) is 1.99. The van der Waals surface area contributed by atoms with Gasteiger partial charge in [0.15, 0.2) is 0 Å². The molecule has 0 aliphatic carbocycles. The summed E-state index contributed by atoms with van der Waals surface area (Å²) in [7, 11) is 0. The van der Waals surface area contributed by atoms with Crippen LogP contribution in [0.25, 0.3) is 11.1 Å². The topological polar surface area (TPSA) is 81.8 Å². The molecule has 2 aliphatic heterocycles. The normalized spacial score (nSPS) is 18.1. The molecule has 3 heterocycles. The van der Waals surface area contributed by atoms with E-state index >= 15 is 0 Å². The molecule has 0 spiro atoms. The monoisotopic (exact) mass is 403 g/mol. The number of H-pyrrole nitrogens is 1. The van der Waals surface area contributed by atoms with Crippen LogP contribution in [0.4, 0.5) is 15.8 Å². The van der Waals surface area contributed by atoms with Gasteiger partial charge in [0, 0.05) is 40.9 Å². The molecule has 30 heavy (non-hydrogen) atoms. The molecule has 1 amide bonds. The lowest BCUT2D eigenvalue weighted by molar-refractivity contribution is -0.110. The Labute approximate surface area is 173 Å². The molecule has 1 aromatic heterocycles. The van der Waals surface area contributed by atoms with Crippen LogP contribution in [-0.2, 0) is 4.79 Å².